The maximum atomic E-state index is 11.5. The van der Waals surface area contributed by atoms with Gasteiger partial charge in [-0.2, -0.15) is 5.26 Å². The summed E-state index contributed by atoms with van der Waals surface area (Å²) in [5, 5.41) is 22.0. The van der Waals surface area contributed by atoms with Crippen molar-refractivity contribution in [1.29, 1.82) is 5.26 Å². The first kappa shape index (κ1) is 14.3. The van der Waals surface area contributed by atoms with Gasteiger partial charge in [-0.05, 0) is 25.0 Å². The van der Waals surface area contributed by atoms with Crippen LogP contribution in [-0.2, 0) is 4.79 Å². The fourth-order valence-corrected chi connectivity index (χ4v) is 2.50. The highest BCUT2D eigenvalue weighted by molar-refractivity contribution is 5.76. The summed E-state index contributed by atoms with van der Waals surface area (Å²) in [5.41, 5.74) is -0.689. The van der Waals surface area contributed by atoms with Crippen molar-refractivity contribution in [2.24, 2.45) is 0 Å². The molecule has 0 aromatic carbocycles. The lowest BCUT2D eigenvalue weighted by atomic mass is 9.89. The van der Waals surface area contributed by atoms with E-state index in [0.717, 1.165) is 13.0 Å². The Bertz CT molecular complexity index is 540. The monoisotopic (exact) mass is 274 g/mol. The maximum Gasteiger partial charge on any atom is 0.222 e. The van der Waals surface area contributed by atoms with Gasteiger partial charge in [-0.25, -0.2) is 4.98 Å². The predicted molar refractivity (Wildman–Crippen MR) is 74.0 cm³/mol. The van der Waals surface area contributed by atoms with Crippen molar-refractivity contribution in [2.45, 2.75) is 24.9 Å². The van der Waals surface area contributed by atoms with Crippen LogP contribution in [0.25, 0.3) is 0 Å². The Kier molecular flexibility index (Phi) is 4.20. The third-order valence-corrected chi connectivity index (χ3v) is 3.50. The first-order chi connectivity index (χ1) is 9.56. The zero-order valence-corrected chi connectivity index (χ0v) is 11.5. The quantitative estimate of drug-likeness (QED) is 0.834. The van der Waals surface area contributed by atoms with Crippen molar-refractivity contribution >= 4 is 11.7 Å². The Balaban J connectivity index is 2.13. The van der Waals surface area contributed by atoms with Gasteiger partial charge in [0.25, 0.3) is 0 Å². The van der Waals surface area contributed by atoms with Gasteiger partial charge in [0.1, 0.15) is 17.6 Å². The van der Waals surface area contributed by atoms with Crippen LogP contribution in [0.2, 0.25) is 0 Å². The molecule has 1 aliphatic heterocycles. The summed E-state index contributed by atoms with van der Waals surface area (Å²) in [6, 6.07) is 7.23. The predicted octanol–water partition coefficient (Wildman–Crippen LogP) is 0.421. The highest BCUT2D eigenvalue weighted by Gasteiger charge is 2.35. The molecule has 1 amide bonds. The zero-order valence-electron chi connectivity index (χ0n) is 11.5. The molecule has 0 aliphatic carbocycles. The Morgan fingerprint density at radius 2 is 2.45 bits per heavy atom. The van der Waals surface area contributed by atoms with Gasteiger partial charge in [0.2, 0.25) is 5.91 Å². The second-order valence-electron chi connectivity index (χ2n) is 5.09. The minimum Gasteiger partial charge on any atom is -0.388 e. The average Bonchev–Trinajstić information content (AvgIpc) is 2.46. The van der Waals surface area contributed by atoms with Crippen LogP contribution >= 0.6 is 0 Å². The Hall–Kier alpha value is -2.13. The molecule has 0 radical (unpaired) electrons. The number of aliphatic hydroxyl groups is 1. The number of hydrogen-bond acceptors (Lipinski definition) is 5. The number of nitriles is 1. The smallest absolute Gasteiger partial charge is 0.222 e. The molecule has 0 spiro atoms. The molecule has 1 unspecified atom stereocenters. The molecule has 106 valence electrons. The van der Waals surface area contributed by atoms with Gasteiger partial charge in [0.05, 0.1) is 12.0 Å². The Labute approximate surface area is 118 Å². The summed E-state index contributed by atoms with van der Waals surface area (Å²) in [7, 11) is 1.56. The maximum absolute atomic E-state index is 11.5. The van der Waals surface area contributed by atoms with Gasteiger partial charge in [-0.1, -0.05) is 6.07 Å². The molecule has 1 aromatic rings. The number of rotatable bonds is 3. The average molecular weight is 274 g/mol. The summed E-state index contributed by atoms with van der Waals surface area (Å²) < 4.78 is 0. The lowest BCUT2D eigenvalue weighted by molar-refractivity contribution is -0.125. The van der Waals surface area contributed by atoms with Crippen LogP contribution in [0.5, 0.6) is 0 Å². The molecule has 1 atom stereocenters. The van der Waals surface area contributed by atoms with Crippen LogP contribution < -0.4 is 10.2 Å². The molecule has 2 rings (SSSR count). The minimum absolute atomic E-state index is 0.0813. The van der Waals surface area contributed by atoms with E-state index in [2.05, 4.69) is 10.3 Å². The number of hydrogen-bond donors (Lipinski definition) is 2. The topological polar surface area (TPSA) is 89.2 Å². The van der Waals surface area contributed by atoms with E-state index in [1.807, 2.05) is 17.0 Å². The Morgan fingerprint density at radius 1 is 1.65 bits per heavy atom. The molecule has 1 aliphatic rings. The number of piperidine rings is 1. The number of nitrogens with one attached hydrogen (secondary N) is 1. The number of aromatic nitrogens is 1. The van der Waals surface area contributed by atoms with Crippen molar-refractivity contribution in [3.05, 3.63) is 23.9 Å². The lowest BCUT2D eigenvalue weighted by Gasteiger charge is -2.39. The van der Waals surface area contributed by atoms with Gasteiger partial charge in [-0.15, -0.1) is 0 Å². The largest absolute Gasteiger partial charge is 0.388 e. The molecule has 1 fully saturated rings. The SMILES string of the molecule is CNC(=O)CC1(O)CCCN(c2cccc(C#N)n2)C1. The summed E-state index contributed by atoms with van der Waals surface area (Å²) in [6.45, 7) is 1.11. The van der Waals surface area contributed by atoms with E-state index in [1.54, 1.807) is 19.2 Å². The number of carbonyl (C=O) groups is 1. The zero-order chi connectivity index (χ0) is 14.6. The molecule has 6 heteroatoms. The molecular formula is C14H18N4O2. The highest BCUT2D eigenvalue weighted by Crippen LogP contribution is 2.27. The summed E-state index contributed by atoms with van der Waals surface area (Å²) in [5.74, 6) is 0.493. The van der Waals surface area contributed by atoms with Gasteiger partial charge in [0.15, 0.2) is 0 Å². The number of anilines is 1. The van der Waals surface area contributed by atoms with Crippen molar-refractivity contribution in [3.63, 3.8) is 0 Å². The molecule has 2 N–H and O–H groups in total. The van der Waals surface area contributed by atoms with Crippen LogP contribution in [0.15, 0.2) is 18.2 Å². The first-order valence-corrected chi connectivity index (χ1v) is 6.61. The van der Waals surface area contributed by atoms with E-state index in [9.17, 15) is 9.90 Å². The minimum atomic E-state index is -1.04. The van der Waals surface area contributed by atoms with Gasteiger partial charge >= 0.3 is 0 Å². The summed E-state index contributed by atoms with van der Waals surface area (Å²) >= 11 is 0. The van der Waals surface area contributed by atoms with E-state index < -0.39 is 5.60 Å². The molecular weight excluding hydrogens is 256 g/mol. The number of amides is 1. The molecule has 6 nitrogen and oxygen atoms in total. The molecule has 0 saturated carbocycles. The van der Waals surface area contributed by atoms with Crippen LogP contribution in [0.4, 0.5) is 5.82 Å². The van der Waals surface area contributed by atoms with Crippen LogP contribution in [0.3, 0.4) is 0 Å². The van der Waals surface area contributed by atoms with Crippen molar-refractivity contribution < 1.29 is 9.90 Å². The Morgan fingerprint density at radius 3 is 3.15 bits per heavy atom. The fourth-order valence-electron chi connectivity index (χ4n) is 2.50. The van der Waals surface area contributed by atoms with Crippen molar-refractivity contribution in [3.8, 4) is 6.07 Å². The summed E-state index contributed by atoms with van der Waals surface area (Å²) in [6.07, 6.45) is 1.46. The van der Waals surface area contributed by atoms with Crippen LogP contribution in [-0.4, -0.2) is 41.7 Å². The molecule has 2 heterocycles. The fraction of sp³-hybridized carbons (Fsp3) is 0.500. The van der Waals surface area contributed by atoms with E-state index >= 15 is 0 Å². The second-order valence-corrected chi connectivity index (χ2v) is 5.09. The molecule has 0 bridgehead atoms. The third-order valence-electron chi connectivity index (χ3n) is 3.50. The normalized spacial score (nSPS) is 22.1. The van der Waals surface area contributed by atoms with Crippen molar-refractivity contribution in [1.82, 2.24) is 10.3 Å². The van der Waals surface area contributed by atoms with E-state index in [1.165, 1.54) is 0 Å². The number of β-amino-alcohol motifs (C(OH)–C–C–N with tert-alkyl or cyclic N) is 1. The molecule has 20 heavy (non-hydrogen) atoms. The van der Waals surface area contributed by atoms with Crippen LogP contribution in [0.1, 0.15) is 25.0 Å². The van der Waals surface area contributed by atoms with Crippen molar-refractivity contribution in [2.75, 3.05) is 25.0 Å². The van der Waals surface area contributed by atoms with E-state index in [4.69, 9.17) is 5.26 Å². The summed E-state index contributed by atoms with van der Waals surface area (Å²) in [4.78, 5) is 17.6. The first-order valence-electron chi connectivity index (χ1n) is 6.61. The van der Waals surface area contributed by atoms with Gasteiger partial charge in [0, 0.05) is 20.1 Å². The van der Waals surface area contributed by atoms with E-state index in [0.29, 0.717) is 24.5 Å². The number of nitrogens with zero attached hydrogens (tertiary/aromatic N) is 3. The highest BCUT2D eigenvalue weighted by atomic mass is 16.3. The molecule has 1 saturated heterocycles. The van der Waals surface area contributed by atoms with E-state index in [-0.39, 0.29) is 12.3 Å². The number of carbonyl (C=O) groups excluding carboxylic acids is 1. The standard InChI is InChI=1S/C14H18N4O2/c1-16-13(19)8-14(20)6-3-7-18(10-14)12-5-2-4-11(9-15)17-12/h2,4-5,20H,3,6-8,10H2,1H3,(H,16,19). The third kappa shape index (κ3) is 3.25. The second kappa shape index (κ2) is 5.88. The lowest BCUT2D eigenvalue weighted by Crippen LogP contribution is -2.50. The van der Waals surface area contributed by atoms with Gasteiger partial charge in [-0.3, -0.25) is 4.79 Å². The molecule has 1 aromatic heterocycles. The van der Waals surface area contributed by atoms with Crippen LogP contribution in [0, 0.1) is 11.3 Å². The van der Waals surface area contributed by atoms with Gasteiger partial charge < -0.3 is 15.3 Å². The number of pyridine rings is 1.